The lowest BCUT2D eigenvalue weighted by Gasteiger charge is -2.34. The highest BCUT2D eigenvalue weighted by Gasteiger charge is 2.32. The number of piperazine rings is 1. The molecule has 0 N–H and O–H groups in total. The first-order valence-corrected chi connectivity index (χ1v) is 8.53. The summed E-state index contributed by atoms with van der Waals surface area (Å²) in [5.74, 6) is 1.77. The van der Waals surface area contributed by atoms with Gasteiger partial charge in [-0.3, -0.25) is 4.90 Å². The van der Waals surface area contributed by atoms with E-state index in [1.807, 2.05) is 16.3 Å². The molecule has 0 atom stereocenters. The van der Waals surface area contributed by atoms with Gasteiger partial charge in [0.2, 0.25) is 17.5 Å². The van der Waals surface area contributed by atoms with Gasteiger partial charge in [0.05, 0.1) is 6.67 Å². The predicted octanol–water partition coefficient (Wildman–Crippen LogP) is 1.47. The molecule has 2 aliphatic rings. The first-order chi connectivity index (χ1) is 11.7. The fraction of sp³-hybridized carbons (Fsp3) is 0.600. The van der Waals surface area contributed by atoms with Gasteiger partial charge in [0.25, 0.3) is 0 Å². The Kier molecular flexibility index (Phi) is 3.86. The Labute approximate surface area is 144 Å². The molecular formula is C15H19N7OS. The molecule has 1 aliphatic heterocycles. The van der Waals surface area contributed by atoms with Gasteiger partial charge >= 0.3 is 0 Å². The second kappa shape index (κ2) is 6.03. The molecule has 8 nitrogen and oxygen atoms in total. The number of nitrogens with zero attached hydrogens (tertiary/aromatic N) is 7. The van der Waals surface area contributed by atoms with Crippen molar-refractivity contribution in [1.82, 2.24) is 24.2 Å². The SMILES string of the molecule is Cn1cnn(CN2CCN(c3oc(C4CC4)nc3C#N)CC2)c1=S. The molecule has 0 bridgehead atoms. The monoisotopic (exact) mass is 345 g/mol. The van der Waals surface area contributed by atoms with Gasteiger partial charge in [-0.2, -0.15) is 10.4 Å². The average Bonchev–Trinajstić information content (AvgIpc) is 3.30. The summed E-state index contributed by atoms with van der Waals surface area (Å²) in [5.41, 5.74) is 0.414. The predicted molar refractivity (Wildman–Crippen MR) is 89.0 cm³/mol. The van der Waals surface area contributed by atoms with Gasteiger partial charge in [-0.1, -0.05) is 0 Å². The van der Waals surface area contributed by atoms with Crippen molar-refractivity contribution >= 4 is 18.1 Å². The van der Waals surface area contributed by atoms with Crippen LogP contribution in [0.15, 0.2) is 10.7 Å². The van der Waals surface area contributed by atoms with E-state index in [1.54, 1.807) is 6.33 Å². The van der Waals surface area contributed by atoms with Crippen LogP contribution in [-0.2, 0) is 13.7 Å². The topological polar surface area (TPSA) is 79.1 Å². The van der Waals surface area contributed by atoms with Crippen molar-refractivity contribution in [2.24, 2.45) is 7.05 Å². The zero-order valence-corrected chi connectivity index (χ0v) is 14.4. The Morgan fingerprint density at radius 1 is 1.33 bits per heavy atom. The maximum atomic E-state index is 9.31. The van der Waals surface area contributed by atoms with Gasteiger partial charge in [-0.05, 0) is 25.1 Å². The molecule has 0 spiro atoms. The van der Waals surface area contributed by atoms with E-state index in [-0.39, 0.29) is 0 Å². The Balaban J connectivity index is 1.42. The van der Waals surface area contributed by atoms with Crippen LogP contribution < -0.4 is 4.90 Å². The first-order valence-electron chi connectivity index (χ1n) is 8.12. The average molecular weight is 345 g/mol. The maximum absolute atomic E-state index is 9.31. The van der Waals surface area contributed by atoms with Crippen LogP contribution in [-0.4, -0.2) is 50.4 Å². The molecule has 9 heteroatoms. The molecule has 0 unspecified atom stereocenters. The summed E-state index contributed by atoms with van der Waals surface area (Å²) in [6.07, 6.45) is 3.96. The third kappa shape index (κ3) is 2.83. The Hall–Kier alpha value is -2.18. The number of rotatable bonds is 4. The summed E-state index contributed by atoms with van der Waals surface area (Å²) < 4.78 is 10.3. The van der Waals surface area contributed by atoms with E-state index < -0.39 is 0 Å². The van der Waals surface area contributed by atoms with E-state index in [9.17, 15) is 5.26 Å². The molecule has 0 radical (unpaired) electrons. The van der Waals surface area contributed by atoms with E-state index >= 15 is 0 Å². The number of hydrogen-bond donors (Lipinski definition) is 0. The van der Waals surface area contributed by atoms with Gasteiger partial charge in [0.15, 0.2) is 4.77 Å². The van der Waals surface area contributed by atoms with Crippen LogP contribution in [0, 0.1) is 16.1 Å². The molecule has 126 valence electrons. The van der Waals surface area contributed by atoms with Crippen LogP contribution in [0.1, 0.15) is 30.3 Å². The zero-order valence-electron chi connectivity index (χ0n) is 13.6. The molecular weight excluding hydrogens is 326 g/mol. The largest absolute Gasteiger partial charge is 0.423 e. The molecule has 3 heterocycles. The highest BCUT2D eigenvalue weighted by atomic mass is 32.1. The fourth-order valence-corrected chi connectivity index (χ4v) is 3.07. The van der Waals surface area contributed by atoms with Crippen LogP contribution in [0.4, 0.5) is 5.88 Å². The van der Waals surface area contributed by atoms with Crippen LogP contribution in [0.3, 0.4) is 0 Å². The molecule has 1 saturated carbocycles. The summed E-state index contributed by atoms with van der Waals surface area (Å²) >= 11 is 5.33. The lowest BCUT2D eigenvalue weighted by Crippen LogP contribution is -2.47. The van der Waals surface area contributed by atoms with Gasteiger partial charge in [0, 0.05) is 39.1 Å². The highest BCUT2D eigenvalue weighted by Crippen LogP contribution is 2.41. The molecule has 1 aliphatic carbocycles. The number of aromatic nitrogens is 4. The summed E-state index contributed by atoms with van der Waals surface area (Å²) in [7, 11) is 1.90. The molecule has 0 aromatic carbocycles. The van der Waals surface area contributed by atoms with Crippen LogP contribution in [0.2, 0.25) is 0 Å². The van der Waals surface area contributed by atoms with E-state index in [1.165, 1.54) is 0 Å². The summed E-state index contributed by atoms with van der Waals surface area (Å²) in [5, 5.41) is 13.6. The minimum Gasteiger partial charge on any atom is -0.423 e. The standard InChI is InChI=1S/C15H19N7OS/c1-19-9-17-22(15(19)24)10-20-4-6-21(7-5-20)14-12(8-16)18-13(23-14)11-2-3-11/h9,11H,2-7,10H2,1H3. The fourth-order valence-electron chi connectivity index (χ4n) is 2.92. The third-order valence-electron chi connectivity index (χ3n) is 4.54. The van der Waals surface area contributed by atoms with E-state index in [0.717, 1.165) is 44.9 Å². The van der Waals surface area contributed by atoms with E-state index in [2.05, 4.69) is 26.0 Å². The van der Waals surface area contributed by atoms with Gasteiger partial charge < -0.3 is 13.9 Å². The van der Waals surface area contributed by atoms with Crippen LogP contribution >= 0.6 is 12.2 Å². The van der Waals surface area contributed by atoms with Gasteiger partial charge in [-0.15, -0.1) is 0 Å². The summed E-state index contributed by atoms with van der Waals surface area (Å²) in [6.45, 7) is 4.01. The number of hydrogen-bond acceptors (Lipinski definition) is 7. The molecule has 24 heavy (non-hydrogen) atoms. The second-order valence-corrected chi connectivity index (χ2v) is 6.73. The quantitative estimate of drug-likeness (QED) is 0.776. The van der Waals surface area contributed by atoms with E-state index in [4.69, 9.17) is 16.6 Å². The third-order valence-corrected chi connectivity index (χ3v) is 5.04. The Morgan fingerprint density at radius 3 is 2.67 bits per heavy atom. The van der Waals surface area contributed by atoms with Crippen molar-refractivity contribution in [3.63, 3.8) is 0 Å². The second-order valence-electron chi connectivity index (χ2n) is 6.36. The van der Waals surface area contributed by atoms with Crippen molar-refractivity contribution in [3.8, 4) is 6.07 Å². The number of anilines is 1. The molecule has 2 aromatic rings. The van der Waals surface area contributed by atoms with Crippen molar-refractivity contribution in [2.75, 3.05) is 31.1 Å². The lowest BCUT2D eigenvalue weighted by molar-refractivity contribution is 0.191. The molecule has 2 aromatic heterocycles. The molecule has 4 rings (SSSR count). The highest BCUT2D eigenvalue weighted by molar-refractivity contribution is 7.71. The molecule has 0 amide bonds. The minimum absolute atomic E-state index is 0.414. The molecule has 1 saturated heterocycles. The van der Waals surface area contributed by atoms with Gasteiger partial charge in [0.1, 0.15) is 12.4 Å². The number of oxazole rings is 1. The van der Waals surface area contributed by atoms with Crippen molar-refractivity contribution in [1.29, 1.82) is 5.26 Å². The molecule has 2 fully saturated rings. The summed E-state index contributed by atoms with van der Waals surface area (Å²) in [4.78, 5) is 8.77. The van der Waals surface area contributed by atoms with E-state index in [0.29, 0.717) is 28.9 Å². The normalized spacial score (nSPS) is 18.8. The maximum Gasteiger partial charge on any atom is 0.234 e. The van der Waals surface area contributed by atoms with Crippen LogP contribution in [0.5, 0.6) is 0 Å². The number of nitriles is 1. The van der Waals surface area contributed by atoms with Crippen molar-refractivity contribution < 1.29 is 4.42 Å². The Morgan fingerprint density at radius 2 is 2.08 bits per heavy atom. The van der Waals surface area contributed by atoms with Crippen molar-refractivity contribution in [3.05, 3.63) is 22.7 Å². The number of aryl methyl sites for hydroxylation is 1. The lowest BCUT2D eigenvalue weighted by atomic mass is 10.3. The van der Waals surface area contributed by atoms with Crippen LogP contribution in [0.25, 0.3) is 0 Å². The Bertz CT molecular complexity index is 833. The van der Waals surface area contributed by atoms with Crippen molar-refractivity contribution in [2.45, 2.75) is 25.4 Å². The zero-order chi connectivity index (χ0) is 16.7. The minimum atomic E-state index is 0.414. The smallest absolute Gasteiger partial charge is 0.234 e. The van der Waals surface area contributed by atoms with Gasteiger partial charge in [-0.25, -0.2) is 9.67 Å². The first kappa shape index (κ1) is 15.4. The summed E-state index contributed by atoms with van der Waals surface area (Å²) in [6, 6.07) is 2.17.